The van der Waals surface area contributed by atoms with Gasteiger partial charge in [0.05, 0.1) is 12.6 Å². The van der Waals surface area contributed by atoms with Crippen molar-refractivity contribution in [1.82, 2.24) is 5.32 Å². The van der Waals surface area contributed by atoms with E-state index in [-0.39, 0.29) is 6.04 Å². The summed E-state index contributed by atoms with van der Waals surface area (Å²) in [5.74, 6) is 0.860. The summed E-state index contributed by atoms with van der Waals surface area (Å²) >= 11 is 0. The summed E-state index contributed by atoms with van der Waals surface area (Å²) in [6.07, 6.45) is 3.78. The van der Waals surface area contributed by atoms with E-state index < -0.39 is 0 Å². The summed E-state index contributed by atoms with van der Waals surface area (Å²) in [6, 6.07) is 10.7. The van der Waals surface area contributed by atoms with Crippen LogP contribution in [-0.2, 0) is 9.47 Å². The maximum absolute atomic E-state index is 5.63. The van der Waals surface area contributed by atoms with Crippen LogP contribution in [0.25, 0.3) is 0 Å². The molecule has 3 nitrogen and oxygen atoms in total. The van der Waals surface area contributed by atoms with Crippen LogP contribution in [0.15, 0.2) is 30.3 Å². The minimum Gasteiger partial charge on any atom is -0.383 e. The molecule has 1 fully saturated rings. The Labute approximate surface area is 116 Å². The third-order valence-electron chi connectivity index (χ3n) is 3.44. The van der Waals surface area contributed by atoms with E-state index in [4.69, 9.17) is 9.47 Å². The van der Waals surface area contributed by atoms with Crippen LogP contribution in [-0.4, -0.2) is 33.5 Å². The van der Waals surface area contributed by atoms with Gasteiger partial charge >= 0.3 is 0 Å². The van der Waals surface area contributed by atoms with Crippen LogP contribution in [0.4, 0.5) is 0 Å². The number of methoxy groups -OCH3 is 1. The van der Waals surface area contributed by atoms with Crippen LogP contribution in [0.2, 0.25) is 0 Å². The maximum atomic E-state index is 5.63. The zero-order valence-corrected chi connectivity index (χ0v) is 11.8. The summed E-state index contributed by atoms with van der Waals surface area (Å²) in [5.41, 5.74) is 1.28. The number of nitrogens with one attached hydrogen (secondary N) is 1. The van der Waals surface area contributed by atoms with Gasteiger partial charge in [-0.15, -0.1) is 0 Å². The van der Waals surface area contributed by atoms with E-state index in [0.29, 0.717) is 6.61 Å². The first-order valence-electron chi connectivity index (χ1n) is 7.25. The van der Waals surface area contributed by atoms with Gasteiger partial charge in [-0.25, -0.2) is 0 Å². The molecule has 2 rings (SSSR count). The van der Waals surface area contributed by atoms with Crippen LogP contribution in [0, 0.1) is 5.92 Å². The van der Waals surface area contributed by atoms with Crippen molar-refractivity contribution in [1.29, 1.82) is 0 Å². The molecule has 0 bridgehead atoms. The number of hydrogen-bond acceptors (Lipinski definition) is 3. The average Bonchev–Trinajstić information content (AvgIpc) is 3.26. The molecule has 0 heterocycles. The van der Waals surface area contributed by atoms with E-state index in [1.54, 1.807) is 7.11 Å². The molecule has 1 atom stereocenters. The molecule has 0 spiro atoms. The Balaban J connectivity index is 1.62. The lowest BCUT2D eigenvalue weighted by Gasteiger charge is -2.18. The first-order valence-corrected chi connectivity index (χ1v) is 7.25. The van der Waals surface area contributed by atoms with Gasteiger partial charge in [0.2, 0.25) is 0 Å². The zero-order valence-electron chi connectivity index (χ0n) is 11.8. The Hall–Kier alpha value is -0.900. The van der Waals surface area contributed by atoms with Crippen molar-refractivity contribution in [3.63, 3.8) is 0 Å². The van der Waals surface area contributed by atoms with Crippen molar-refractivity contribution in [3.8, 4) is 0 Å². The molecule has 1 saturated carbocycles. The van der Waals surface area contributed by atoms with E-state index in [0.717, 1.165) is 32.1 Å². The van der Waals surface area contributed by atoms with Gasteiger partial charge in [0.25, 0.3) is 0 Å². The van der Waals surface area contributed by atoms with Crippen molar-refractivity contribution in [2.24, 2.45) is 5.92 Å². The van der Waals surface area contributed by atoms with E-state index in [1.807, 2.05) is 6.07 Å². The molecule has 1 aromatic rings. The highest BCUT2D eigenvalue weighted by Gasteiger charge is 2.20. The van der Waals surface area contributed by atoms with Gasteiger partial charge in [-0.3, -0.25) is 0 Å². The van der Waals surface area contributed by atoms with Gasteiger partial charge in [-0.1, -0.05) is 30.3 Å². The van der Waals surface area contributed by atoms with E-state index in [2.05, 4.69) is 29.6 Å². The Kier molecular flexibility index (Phi) is 6.34. The molecule has 19 heavy (non-hydrogen) atoms. The largest absolute Gasteiger partial charge is 0.383 e. The predicted molar refractivity (Wildman–Crippen MR) is 77.2 cm³/mol. The third kappa shape index (κ3) is 5.72. The maximum Gasteiger partial charge on any atom is 0.0657 e. The Morgan fingerprint density at radius 2 is 2.05 bits per heavy atom. The first-order chi connectivity index (χ1) is 9.40. The molecular formula is C16H25NO2. The van der Waals surface area contributed by atoms with Crippen molar-refractivity contribution in [2.45, 2.75) is 25.3 Å². The lowest BCUT2D eigenvalue weighted by atomic mass is 10.1. The van der Waals surface area contributed by atoms with Crippen molar-refractivity contribution in [2.75, 3.05) is 33.5 Å². The minimum atomic E-state index is 0.273. The summed E-state index contributed by atoms with van der Waals surface area (Å²) in [5, 5.41) is 3.54. The lowest BCUT2D eigenvalue weighted by Crippen LogP contribution is -2.26. The average molecular weight is 263 g/mol. The van der Waals surface area contributed by atoms with E-state index >= 15 is 0 Å². The molecule has 1 unspecified atom stereocenters. The number of hydrogen-bond donors (Lipinski definition) is 1. The molecule has 1 N–H and O–H groups in total. The first kappa shape index (κ1) is 14.5. The zero-order chi connectivity index (χ0) is 13.3. The second-order valence-corrected chi connectivity index (χ2v) is 5.24. The number of rotatable bonds is 10. The van der Waals surface area contributed by atoms with Gasteiger partial charge in [0.15, 0.2) is 0 Å². The fourth-order valence-electron chi connectivity index (χ4n) is 2.11. The number of ether oxygens (including phenoxy) is 2. The standard InChI is InChI=1S/C16H25NO2/c1-18-13-16(15-6-3-2-4-7-15)17-10-5-11-19-12-14-8-9-14/h2-4,6-7,14,16-17H,5,8-13H2,1H3. The van der Waals surface area contributed by atoms with E-state index in [9.17, 15) is 0 Å². The van der Waals surface area contributed by atoms with Crippen molar-refractivity contribution >= 4 is 0 Å². The Morgan fingerprint density at radius 3 is 2.74 bits per heavy atom. The summed E-state index contributed by atoms with van der Waals surface area (Å²) < 4.78 is 10.9. The summed E-state index contributed by atoms with van der Waals surface area (Å²) in [7, 11) is 1.75. The quantitative estimate of drug-likeness (QED) is 0.658. The molecule has 0 aliphatic heterocycles. The molecule has 1 aromatic carbocycles. The molecule has 1 aliphatic carbocycles. The normalized spacial score (nSPS) is 16.5. The minimum absolute atomic E-state index is 0.273. The van der Waals surface area contributed by atoms with Crippen molar-refractivity contribution < 1.29 is 9.47 Å². The molecule has 0 amide bonds. The second kappa shape index (κ2) is 8.31. The van der Waals surface area contributed by atoms with Gasteiger partial charge in [-0.05, 0) is 37.3 Å². The highest BCUT2D eigenvalue weighted by atomic mass is 16.5. The monoisotopic (exact) mass is 263 g/mol. The van der Waals surface area contributed by atoms with Crippen LogP contribution in [0.5, 0.6) is 0 Å². The third-order valence-corrected chi connectivity index (χ3v) is 3.44. The molecule has 106 valence electrons. The predicted octanol–water partition coefficient (Wildman–Crippen LogP) is 2.78. The lowest BCUT2D eigenvalue weighted by molar-refractivity contribution is 0.119. The van der Waals surface area contributed by atoms with Gasteiger partial charge in [0, 0.05) is 20.3 Å². The number of benzene rings is 1. The topological polar surface area (TPSA) is 30.5 Å². The van der Waals surface area contributed by atoms with Crippen LogP contribution in [0.1, 0.15) is 30.9 Å². The Morgan fingerprint density at radius 1 is 1.26 bits per heavy atom. The molecule has 0 aromatic heterocycles. The fourth-order valence-corrected chi connectivity index (χ4v) is 2.11. The van der Waals surface area contributed by atoms with Crippen LogP contribution in [0.3, 0.4) is 0 Å². The highest BCUT2D eigenvalue weighted by Crippen LogP contribution is 2.28. The van der Waals surface area contributed by atoms with Crippen LogP contribution < -0.4 is 5.32 Å². The van der Waals surface area contributed by atoms with Gasteiger partial charge < -0.3 is 14.8 Å². The van der Waals surface area contributed by atoms with E-state index in [1.165, 1.54) is 18.4 Å². The molecule has 0 saturated heterocycles. The smallest absolute Gasteiger partial charge is 0.0657 e. The molecule has 0 radical (unpaired) electrons. The summed E-state index contributed by atoms with van der Waals surface area (Å²) in [6.45, 7) is 3.48. The fraction of sp³-hybridized carbons (Fsp3) is 0.625. The summed E-state index contributed by atoms with van der Waals surface area (Å²) in [4.78, 5) is 0. The van der Waals surface area contributed by atoms with Gasteiger partial charge in [0.1, 0.15) is 0 Å². The molecular weight excluding hydrogens is 238 g/mol. The van der Waals surface area contributed by atoms with Crippen LogP contribution >= 0.6 is 0 Å². The molecule has 1 aliphatic rings. The van der Waals surface area contributed by atoms with Crippen molar-refractivity contribution in [3.05, 3.63) is 35.9 Å². The van der Waals surface area contributed by atoms with Gasteiger partial charge in [-0.2, -0.15) is 0 Å². The highest BCUT2D eigenvalue weighted by molar-refractivity contribution is 5.18. The second-order valence-electron chi connectivity index (χ2n) is 5.24. The SMILES string of the molecule is COCC(NCCCOCC1CC1)c1ccccc1. The Bertz CT molecular complexity index is 338. The molecule has 3 heteroatoms.